The zero-order valence-electron chi connectivity index (χ0n) is 11.1. The largest absolute Gasteiger partial charge is 0.226 e. The van der Waals surface area contributed by atoms with Crippen LogP contribution in [-0.4, -0.2) is 15.0 Å². The minimum Gasteiger partial charge on any atom is -0.208 e. The Bertz CT molecular complexity index is 677. The van der Waals surface area contributed by atoms with Crippen LogP contribution in [0.25, 0.3) is 17.0 Å². The van der Waals surface area contributed by atoms with Gasteiger partial charge >= 0.3 is 0 Å². The summed E-state index contributed by atoms with van der Waals surface area (Å²) in [6.45, 7) is 2.17. The summed E-state index contributed by atoms with van der Waals surface area (Å²) in [5, 5.41) is 0.233. The van der Waals surface area contributed by atoms with Crippen molar-refractivity contribution in [3.05, 3.63) is 59.7 Å². The first kappa shape index (κ1) is 13.0. The van der Waals surface area contributed by atoms with Crippen LogP contribution in [-0.2, 0) is 0 Å². The summed E-state index contributed by atoms with van der Waals surface area (Å²) in [5.74, 6) is 1.77. The highest BCUT2D eigenvalue weighted by Gasteiger charge is 2.14. The molecule has 1 atom stereocenters. The maximum Gasteiger partial charge on any atom is 0.226 e. The van der Waals surface area contributed by atoms with E-state index in [1.54, 1.807) is 0 Å². The molecule has 0 bridgehead atoms. The first-order chi connectivity index (χ1) is 9.72. The van der Waals surface area contributed by atoms with Crippen molar-refractivity contribution in [3.63, 3.8) is 0 Å². The summed E-state index contributed by atoms with van der Waals surface area (Å²) < 4.78 is 0. The van der Waals surface area contributed by atoms with Crippen molar-refractivity contribution in [2.24, 2.45) is 5.92 Å². The molecule has 2 aromatic rings. The average molecular weight is 284 g/mol. The van der Waals surface area contributed by atoms with Crippen LogP contribution < -0.4 is 0 Å². The standard InChI is InChI=1S/C16H14ClN3/c1-11-6-5-9-13(10-11)15-18-14(19-16(17)20-15)12-7-3-2-4-8-12/h2-9,11H,10H2,1H3. The topological polar surface area (TPSA) is 38.7 Å². The van der Waals surface area contributed by atoms with E-state index in [0.717, 1.165) is 17.6 Å². The van der Waals surface area contributed by atoms with Gasteiger partial charge < -0.3 is 0 Å². The molecule has 0 saturated heterocycles. The molecule has 0 aliphatic heterocycles. The third-order valence-corrected chi connectivity index (χ3v) is 3.38. The van der Waals surface area contributed by atoms with E-state index in [4.69, 9.17) is 11.6 Å². The SMILES string of the molecule is CC1C=CC=C(c2nc(Cl)nc(-c3ccccc3)n2)C1. The van der Waals surface area contributed by atoms with Gasteiger partial charge in [-0.15, -0.1) is 0 Å². The van der Waals surface area contributed by atoms with Gasteiger partial charge in [-0.25, -0.2) is 4.98 Å². The van der Waals surface area contributed by atoms with E-state index in [1.165, 1.54) is 0 Å². The van der Waals surface area contributed by atoms with Crippen LogP contribution in [0, 0.1) is 5.92 Å². The lowest BCUT2D eigenvalue weighted by atomic mass is 9.95. The average Bonchev–Trinajstić information content (AvgIpc) is 2.47. The lowest BCUT2D eigenvalue weighted by Gasteiger charge is -2.13. The quantitative estimate of drug-likeness (QED) is 0.830. The smallest absolute Gasteiger partial charge is 0.208 e. The molecule has 1 aliphatic carbocycles. The van der Waals surface area contributed by atoms with E-state index in [2.05, 4.69) is 28.0 Å². The predicted octanol–water partition coefficient (Wildman–Crippen LogP) is 4.17. The monoisotopic (exact) mass is 283 g/mol. The Morgan fingerprint density at radius 2 is 1.80 bits per heavy atom. The normalized spacial score (nSPS) is 17.9. The molecule has 0 spiro atoms. The van der Waals surface area contributed by atoms with E-state index in [1.807, 2.05) is 42.5 Å². The van der Waals surface area contributed by atoms with Crippen LogP contribution >= 0.6 is 11.6 Å². The van der Waals surface area contributed by atoms with Crippen LogP contribution in [0.15, 0.2) is 48.6 Å². The molecule has 3 nitrogen and oxygen atoms in total. The molecular weight excluding hydrogens is 270 g/mol. The lowest BCUT2D eigenvalue weighted by Crippen LogP contribution is -2.04. The molecule has 0 N–H and O–H groups in total. The van der Waals surface area contributed by atoms with Gasteiger partial charge in [-0.1, -0.05) is 55.5 Å². The highest BCUT2D eigenvalue weighted by molar-refractivity contribution is 6.28. The van der Waals surface area contributed by atoms with Gasteiger partial charge in [0.05, 0.1) is 0 Å². The molecule has 3 rings (SSSR count). The van der Waals surface area contributed by atoms with Crippen LogP contribution in [0.4, 0.5) is 0 Å². The van der Waals surface area contributed by atoms with Gasteiger partial charge in [0.1, 0.15) is 0 Å². The van der Waals surface area contributed by atoms with Crippen LogP contribution in [0.3, 0.4) is 0 Å². The van der Waals surface area contributed by atoms with Gasteiger partial charge in [0, 0.05) is 5.56 Å². The molecule has 4 heteroatoms. The van der Waals surface area contributed by atoms with E-state index in [-0.39, 0.29) is 5.28 Å². The first-order valence-corrected chi connectivity index (χ1v) is 6.95. The Labute approximate surface area is 123 Å². The number of halogens is 1. The van der Waals surface area contributed by atoms with Crippen molar-refractivity contribution < 1.29 is 0 Å². The Morgan fingerprint density at radius 1 is 1.05 bits per heavy atom. The van der Waals surface area contributed by atoms with Gasteiger partial charge in [0.2, 0.25) is 5.28 Å². The van der Waals surface area contributed by atoms with Gasteiger partial charge in [-0.05, 0) is 29.5 Å². The maximum absolute atomic E-state index is 6.05. The second-order valence-electron chi connectivity index (χ2n) is 4.88. The maximum atomic E-state index is 6.05. The second kappa shape index (κ2) is 5.55. The van der Waals surface area contributed by atoms with Crippen LogP contribution in [0.5, 0.6) is 0 Å². The number of nitrogens with zero attached hydrogens (tertiary/aromatic N) is 3. The molecular formula is C16H14ClN3. The number of rotatable bonds is 2. The van der Waals surface area contributed by atoms with E-state index in [0.29, 0.717) is 17.6 Å². The molecule has 0 saturated carbocycles. The summed E-state index contributed by atoms with van der Waals surface area (Å²) in [4.78, 5) is 13.0. The molecule has 100 valence electrons. The first-order valence-electron chi connectivity index (χ1n) is 6.57. The number of aromatic nitrogens is 3. The molecule has 1 unspecified atom stereocenters. The number of hydrogen-bond acceptors (Lipinski definition) is 3. The molecule has 0 amide bonds. The summed E-state index contributed by atoms with van der Waals surface area (Å²) in [5.41, 5.74) is 2.04. The predicted molar refractivity (Wildman–Crippen MR) is 81.2 cm³/mol. The fourth-order valence-electron chi connectivity index (χ4n) is 2.22. The van der Waals surface area contributed by atoms with Crippen molar-refractivity contribution in [1.29, 1.82) is 0 Å². The summed E-state index contributed by atoms with van der Waals surface area (Å²) in [6, 6.07) is 9.80. The molecule has 20 heavy (non-hydrogen) atoms. The summed E-state index contributed by atoms with van der Waals surface area (Å²) in [7, 11) is 0. The molecule has 0 radical (unpaired) electrons. The van der Waals surface area contributed by atoms with Crippen molar-refractivity contribution in [2.45, 2.75) is 13.3 Å². The highest BCUT2D eigenvalue weighted by atomic mass is 35.5. The Morgan fingerprint density at radius 3 is 2.55 bits per heavy atom. The number of benzene rings is 1. The minimum atomic E-state index is 0.233. The highest BCUT2D eigenvalue weighted by Crippen LogP contribution is 2.26. The van der Waals surface area contributed by atoms with Gasteiger partial charge in [0.15, 0.2) is 11.6 Å². The van der Waals surface area contributed by atoms with Gasteiger partial charge in [-0.3, -0.25) is 0 Å². The van der Waals surface area contributed by atoms with Crippen LogP contribution in [0.1, 0.15) is 19.2 Å². The third kappa shape index (κ3) is 2.78. The van der Waals surface area contributed by atoms with Crippen molar-refractivity contribution in [3.8, 4) is 11.4 Å². The minimum absolute atomic E-state index is 0.233. The van der Waals surface area contributed by atoms with Crippen LogP contribution in [0.2, 0.25) is 5.28 Å². The zero-order valence-corrected chi connectivity index (χ0v) is 11.9. The van der Waals surface area contributed by atoms with E-state index in [9.17, 15) is 0 Å². The van der Waals surface area contributed by atoms with Gasteiger partial charge in [0.25, 0.3) is 0 Å². The Balaban J connectivity index is 2.04. The number of hydrogen-bond donors (Lipinski definition) is 0. The van der Waals surface area contributed by atoms with E-state index < -0.39 is 0 Å². The van der Waals surface area contributed by atoms with Gasteiger partial charge in [-0.2, -0.15) is 9.97 Å². The Kier molecular flexibility index (Phi) is 3.61. The fraction of sp³-hybridized carbons (Fsp3) is 0.188. The summed E-state index contributed by atoms with van der Waals surface area (Å²) in [6.07, 6.45) is 7.18. The Hall–Kier alpha value is -2.00. The molecule has 1 aromatic heterocycles. The van der Waals surface area contributed by atoms with Crippen molar-refractivity contribution in [1.82, 2.24) is 15.0 Å². The molecule has 0 fully saturated rings. The van der Waals surface area contributed by atoms with Crippen molar-refractivity contribution in [2.75, 3.05) is 0 Å². The third-order valence-electron chi connectivity index (χ3n) is 3.21. The number of allylic oxidation sites excluding steroid dienone is 4. The molecule has 1 aliphatic rings. The fourth-order valence-corrected chi connectivity index (χ4v) is 2.38. The summed E-state index contributed by atoms with van der Waals surface area (Å²) >= 11 is 6.05. The van der Waals surface area contributed by atoms with E-state index >= 15 is 0 Å². The second-order valence-corrected chi connectivity index (χ2v) is 5.21. The molecule has 1 aromatic carbocycles. The van der Waals surface area contributed by atoms with Crippen molar-refractivity contribution >= 4 is 17.2 Å². The zero-order chi connectivity index (χ0) is 13.9. The lowest BCUT2D eigenvalue weighted by molar-refractivity contribution is 0.742. The molecule has 1 heterocycles.